The Hall–Kier alpha value is -0.920. The average molecular weight is 514 g/mol. The van der Waals surface area contributed by atoms with Crippen molar-refractivity contribution in [3.05, 3.63) is 18.0 Å². The molecule has 2 heterocycles. The van der Waals surface area contributed by atoms with E-state index in [2.05, 4.69) is 20.3 Å². The standard InChI is InChI=1S/C16H30N6O3S.HI/c1-5-22(26(4,23)24)8-6-7-18-16(17-2)21-9-10-25-15(13-21)14-11-19-20(3)12-14;/h11-12,15H,5-10,13H2,1-4H3,(H,17,18);1H. The number of rotatable bonds is 7. The Labute approximate surface area is 179 Å². The molecule has 1 aliphatic rings. The third-order valence-corrected chi connectivity index (χ3v) is 5.74. The molecule has 1 aliphatic heterocycles. The van der Waals surface area contributed by atoms with Crippen molar-refractivity contribution in [2.75, 3.05) is 52.6 Å². The van der Waals surface area contributed by atoms with E-state index < -0.39 is 10.0 Å². The number of ether oxygens (including phenoxy) is 1. The molecular formula is C16H31IN6O3S. The zero-order valence-electron chi connectivity index (χ0n) is 16.5. The molecule has 0 saturated carbocycles. The molecule has 1 unspecified atom stereocenters. The second-order valence-corrected chi connectivity index (χ2v) is 8.32. The van der Waals surface area contributed by atoms with Gasteiger partial charge in [-0.2, -0.15) is 5.10 Å². The van der Waals surface area contributed by atoms with Crippen LogP contribution in [0.15, 0.2) is 17.4 Å². The lowest BCUT2D eigenvalue weighted by atomic mass is 10.1. The molecule has 0 bridgehead atoms. The summed E-state index contributed by atoms with van der Waals surface area (Å²) < 4.78 is 32.3. The first kappa shape index (κ1) is 24.1. The fourth-order valence-corrected chi connectivity index (χ4v) is 3.93. The molecule has 9 nitrogen and oxygen atoms in total. The van der Waals surface area contributed by atoms with Crippen LogP contribution >= 0.6 is 24.0 Å². The minimum Gasteiger partial charge on any atom is -0.370 e. The normalized spacial score (nSPS) is 18.5. The molecule has 11 heteroatoms. The van der Waals surface area contributed by atoms with Gasteiger partial charge in [-0.1, -0.05) is 6.92 Å². The summed E-state index contributed by atoms with van der Waals surface area (Å²) in [4.78, 5) is 6.52. The highest BCUT2D eigenvalue weighted by molar-refractivity contribution is 14.0. The number of morpholine rings is 1. The minimum absolute atomic E-state index is 0. The van der Waals surface area contributed by atoms with Crippen LogP contribution in [0.25, 0.3) is 0 Å². The van der Waals surface area contributed by atoms with Crippen molar-refractivity contribution in [2.45, 2.75) is 19.4 Å². The van der Waals surface area contributed by atoms with Crippen molar-refractivity contribution < 1.29 is 13.2 Å². The van der Waals surface area contributed by atoms with Gasteiger partial charge in [-0.05, 0) is 6.42 Å². The number of hydrogen-bond donors (Lipinski definition) is 1. The molecule has 1 aromatic heterocycles. The number of aromatic nitrogens is 2. The van der Waals surface area contributed by atoms with Crippen molar-refractivity contribution in [3.63, 3.8) is 0 Å². The van der Waals surface area contributed by atoms with Crippen molar-refractivity contribution in [2.24, 2.45) is 12.0 Å². The quantitative estimate of drug-likeness (QED) is 0.249. The first-order chi connectivity index (χ1) is 12.3. The van der Waals surface area contributed by atoms with Gasteiger partial charge in [-0.15, -0.1) is 24.0 Å². The fourth-order valence-electron chi connectivity index (χ4n) is 3.00. The van der Waals surface area contributed by atoms with Gasteiger partial charge in [0.2, 0.25) is 10.0 Å². The van der Waals surface area contributed by atoms with Crippen LogP contribution in [0.4, 0.5) is 0 Å². The van der Waals surface area contributed by atoms with Gasteiger partial charge in [0.15, 0.2) is 5.96 Å². The second kappa shape index (κ2) is 11.2. The molecule has 1 N–H and O–H groups in total. The molecule has 0 aliphatic carbocycles. The van der Waals surface area contributed by atoms with Crippen LogP contribution in [0, 0.1) is 0 Å². The highest BCUT2D eigenvalue weighted by Gasteiger charge is 2.25. The van der Waals surface area contributed by atoms with Gasteiger partial charge in [-0.3, -0.25) is 9.67 Å². The molecule has 156 valence electrons. The highest BCUT2D eigenvalue weighted by atomic mass is 127. The van der Waals surface area contributed by atoms with E-state index in [1.807, 2.05) is 26.4 Å². The number of nitrogens with zero attached hydrogens (tertiary/aromatic N) is 5. The second-order valence-electron chi connectivity index (χ2n) is 6.33. The number of nitrogens with one attached hydrogen (secondary N) is 1. The van der Waals surface area contributed by atoms with Gasteiger partial charge in [0.25, 0.3) is 0 Å². The van der Waals surface area contributed by atoms with Gasteiger partial charge in [0.1, 0.15) is 6.10 Å². The van der Waals surface area contributed by atoms with Gasteiger partial charge >= 0.3 is 0 Å². The van der Waals surface area contributed by atoms with Gasteiger partial charge in [-0.25, -0.2) is 12.7 Å². The van der Waals surface area contributed by atoms with E-state index in [1.165, 1.54) is 10.6 Å². The number of guanidine groups is 1. The molecule has 1 saturated heterocycles. The van der Waals surface area contributed by atoms with E-state index in [4.69, 9.17) is 4.74 Å². The van der Waals surface area contributed by atoms with Crippen LogP contribution in [0.2, 0.25) is 0 Å². The lowest BCUT2D eigenvalue weighted by Gasteiger charge is -2.34. The van der Waals surface area contributed by atoms with Gasteiger partial charge in [0.05, 0.1) is 25.6 Å². The zero-order valence-corrected chi connectivity index (χ0v) is 19.6. The van der Waals surface area contributed by atoms with Crippen LogP contribution in [-0.2, 0) is 21.8 Å². The van der Waals surface area contributed by atoms with Gasteiger partial charge < -0.3 is 15.0 Å². The third-order valence-electron chi connectivity index (χ3n) is 4.36. The Morgan fingerprint density at radius 3 is 2.81 bits per heavy atom. The Morgan fingerprint density at radius 1 is 1.52 bits per heavy atom. The van der Waals surface area contributed by atoms with Crippen LogP contribution in [-0.4, -0.2) is 86.0 Å². The Kier molecular flexibility index (Phi) is 9.98. The molecular weight excluding hydrogens is 483 g/mol. The lowest BCUT2D eigenvalue weighted by Crippen LogP contribution is -2.48. The Bertz CT molecular complexity index is 709. The van der Waals surface area contributed by atoms with Crippen LogP contribution in [0.3, 0.4) is 0 Å². The first-order valence-corrected chi connectivity index (χ1v) is 10.7. The predicted octanol–water partition coefficient (Wildman–Crippen LogP) is 0.658. The summed E-state index contributed by atoms with van der Waals surface area (Å²) >= 11 is 0. The molecule has 0 aromatic carbocycles. The number of aryl methyl sites for hydroxylation is 1. The Balaban J connectivity index is 0.00000364. The van der Waals surface area contributed by atoms with E-state index in [9.17, 15) is 8.42 Å². The molecule has 1 atom stereocenters. The number of aliphatic imine (C=N–C) groups is 1. The van der Waals surface area contributed by atoms with Gasteiger partial charge in [0, 0.05) is 52.0 Å². The summed E-state index contributed by atoms with van der Waals surface area (Å²) in [5.41, 5.74) is 1.05. The van der Waals surface area contributed by atoms with E-state index >= 15 is 0 Å². The van der Waals surface area contributed by atoms with Crippen LogP contribution in [0.1, 0.15) is 25.0 Å². The lowest BCUT2D eigenvalue weighted by molar-refractivity contribution is -0.00802. The van der Waals surface area contributed by atoms with E-state index in [-0.39, 0.29) is 30.1 Å². The number of hydrogen-bond acceptors (Lipinski definition) is 5. The molecule has 0 spiro atoms. The number of halogens is 1. The van der Waals surface area contributed by atoms with Crippen molar-refractivity contribution >= 4 is 40.0 Å². The molecule has 27 heavy (non-hydrogen) atoms. The van der Waals surface area contributed by atoms with E-state index in [0.29, 0.717) is 32.8 Å². The summed E-state index contributed by atoms with van der Waals surface area (Å²) in [5, 5.41) is 7.53. The summed E-state index contributed by atoms with van der Waals surface area (Å²) in [7, 11) is 0.508. The van der Waals surface area contributed by atoms with Crippen molar-refractivity contribution in [1.29, 1.82) is 0 Å². The van der Waals surface area contributed by atoms with E-state index in [1.54, 1.807) is 11.7 Å². The maximum atomic E-state index is 11.6. The maximum absolute atomic E-state index is 11.6. The molecule has 0 radical (unpaired) electrons. The van der Waals surface area contributed by atoms with Crippen LogP contribution < -0.4 is 5.32 Å². The fraction of sp³-hybridized carbons (Fsp3) is 0.750. The summed E-state index contributed by atoms with van der Waals surface area (Å²) in [6, 6.07) is 0. The summed E-state index contributed by atoms with van der Waals surface area (Å²) in [5.74, 6) is 0.810. The third kappa shape index (κ3) is 7.20. The largest absolute Gasteiger partial charge is 0.370 e. The topological polar surface area (TPSA) is 92.1 Å². The highest BCUT2D eigenvalue weighted by Crippen LogP contribution is 2.21. The first-order valence-electron chi connectivity index (χ1n) is 8.86. The maximum Gasteiger partial charge on any atom is 0.211 e. The average Bonchev–Trinajstić information content (AvgIpc) is 3.04. The molecule has 2 rings (SSSR count). The smallest absolute Gasteiger partial charge is 0.211 e. The molecule has 1 fully saturated rings. The number of sulfonamides is 1. The monoisotopic (exact) mass is 514 g/mol. The van der Waals surface area contributed by atoms with Crippen LogP contribution in [0.5, 0.6) is 0 Å². The molecule has 1 aromatic rings. The van der Waals surface area contributed by atoms with Crippen molar-refractivity contribution in [3.8, 4) is 0 Å². The molecule has 0 amide bonds. The SMILES string of the molecule is CCN(CCCNC(=NC)N1CCOC(c2cnn(C)c2)C1)S(C)(=O)=O.I. The minimum atomic E-state index is -3.14. The summed E-state index contributed by atoms with van der Waals surface area (Å²) in [6.45, 7) is 5.59. The predicted molar refractivity (Wildman–Crippen MR) is 117 cm³/mol. The van der Waals surface area contributed by atoms with E-state index in [0.717, 1.165) is 24.5 Å². The Morgan fingerprint density at radius 2 is 2.26 bits per heavy atom. The summed E-state index contributed by atoms with van der Waals surface area (Å²) in [6.07, 6.45) is 5.73. The van der Waals surface area contributed by atoms with Crippen molar-refractivity contribution in [1.82, 2.24) is 24.3 Å². The zero-order chi connectivity index (χ0) is 19.2.